The normalized spacial score (nSPS) is 10.5. The van der Waals surface area contributed by atoms with Crippen molar-refractivity contribution < 1.29 is 14.3 Å². The zero-order valence-electron chi connectivity index (χ0n) is 14.6. The van der Waals surface area contributed by atoms with Gasteiger partial charge >= 0.3 is 11.8 Å². The molecule has 6 nitrogen and oxygen atoms in total. The number of amides is 2. The monoisotopic (exact) mass is 393 g/mol. The van der Waals surface area contributed by atoms with Gasteiger partial charge in [0.05, 0.1) is 6.21 Å². The van der Waals surface area contributed by atoms with Gasteiger partial charge in [-0.15, -0.1) is 0 Å². The van der Waals surface area contributed by atoms with Crippen molar-refractivity contribution in [1.82, 2.24) is 5.43 Å². The summed E-state index contributed by atoms with van der Waals surface area (Å²) >= 11 is 5.77. The summed E-state index contributed by atoms with van der Waals surface area (Å²) in [5.74, 6) is -0.380. The zero-order chi connectivity index (χ0) is 19.8. The fourth-order valence-corrected chi connectivity index (χ4v) is 2.35. The van der Waals surface area contributed by atoms with Gasteiger partial charge in [0, 0.05) is 10.7 Å². The van der Waals surface area contributed by atoms with Gasteiger partial charge in [0.1, 0.15) is 11.5 Å². The van der Waals surface area contributed by atoms with Crippen LogP contribution >= 0.6 is 11.6 Å². The number of halogens is 1. The van der Waals surface area contributed by atoms with E-state index in [1.807, 2.05) is 36.4 Å². The number of hydrazone groups is 1. The van der Waals surface area contributed by atoms with E-state index in [2.05, 4.69) is 15.8 Å². The minimum atomic E-state index is -0.886. The summed E-state index contributed by atoms with van der Waals surface area (Å²) < 4.78 is 5.74. The van der Waals surface area contributed by atoms with Crippen molar-refractivity contribution in [3.8, 4) is 11.5 Å². The van der Waals surface area contributed by atoms with Crippen LogP contribution < -0.4 is 15.5 Å². The molecule has 0 fully saturated rings. The van der Waals surface area contributed by atoms with E-state index in [0.29, 0.717) is 27.8 Å². The molecule has 0 aliphatic heterocycles. The number of hydrogen-bond acceptors (Lipinski definition) is 4. The van der Waals surface area contributed by atoms with Crippen LogP contribution in [0.15, 0.2) is 84.0 Å². The largest absolute Gasteiger partial charge is 0.457 e. The van der Waals surface area contributed by atoms with Gasteiger partial charge in [0.2, 0.25) is 0 Å². The van der Waals surface area contributed by atoms with Crippen LogP contribution in [0.2, 0.25) is 5.02 Å². The molecule has 0 aliphatic carbocycles. The Labute approximate surface area is 166 Å². The topological polar surface area (TPSA) is 79.8 Å². The summed E-state index contributed by atoms with van der Waals surface area (Å²) in [6.45, 7) is 0. The third-order valence-corrected chi connectivity index (χ3v) is 3.78. The van der Waals surface area contributed by atoms with E-state index in [1.54, 1.807) is 42.5 Å². The second-order valence-corrected chi connectivity index (χ2v) is 6.08. The Morgan fingerprint density at radius 1 is 0.857 bits per heavy atom. The molecule has 3 rings (SSSR count). The maximum atomic E-state index is 11.8. The number of para-hydroxylation sites is 1. The SMILES string of the molecule is O=C(N/N=C\c1cccc(Oc2ccccc2)c1)C(=O)Nc1ccc(Cl)cc1. The molecule has 28 heavy (non-hydrogen) atoms. The first-order valence-corrected chi connectivity index (χ1v) is 8.71. The molecule has 0 unspecified atom stereocenters. The van der Waals surface area contributed by atoms with Gasteiger partial charge in [-0.3, -0.25) is 9.59 Å². The number of carbonyl (C=O) groups is 2. The van der Waals surface area contributed by atoms with Gasteiger partial charge in [0.15, 0.2) is 0 Å². The Morgan fingerprint density at radius 3 is 2.32 bits per heavy atom. The lowest BCUT2D eigenvalue weighted by Crippen LogP contribution is -2.32. The maximum absolute atomic E-state index is 11.8. The minimum Gasteiger partial charge on any atom is -0.457 e. The van der Waals surface area contributed by atoms with Crippen LogP contribution in [0.4, 0.5) is 5.69 Å². The van der Waals surface area contributed by atoms with Crippen molar-refractivity contribution in [3.05, 3.63) is 89.4 Å². The highest BCUT2D eigenvalue weighted by atomic mass is 35.5. The van der Waals surface area contributed by atoms with Crippen molar-refractivity contribution in [2.24, 2.45) is 5.10 Å². The van der Waals surface area contributed by atoms with Crippen LogP contribution in [0.3, 0.4) is 0 Å². The van der Waals surface area contributed by atoms with E-state index in [9.17, 15) is 9.59 Å². The highest BCUT2D eigenvalue weighted by molar-refractivity contribution is 6.39. The molecule has 0 bridgehead atoms. The molecule has 0 saturated carbocycles. The Balaban J connectivity index is 1.55. The van der Waals surface area contributed by atoms with E-state index in [-0.39, 0.29) is 0 Å². The first-order chi connectivity index (χ1) is 13.6. The second kappa shape index (κ2) is 9.34. The average molecular weight is 394 g/mol. The van der Waals surface area contributed by atoms with Crippen LogP contribution in [0.25, 0.3) is 0 Å². The van der Waals surface area contributed by atoms with Gasteiger partial charge in [0.25, 0.3) is 0 Å². The Kier molecular flexibility index (Phi) is 6.38. The smallest absolute Gasteiger partial charge is 0.329 e. The van der Waals surface area contributed by atoms with Gasteiger partial charge in [-0.05, 0) is 54.1 Å². The van der Waals surface area contributed by atoms with Crippen LogP contribution in [0.1, 0.15) is 5.56 Å². The maximum Gasteiger partial charge on any atom is 0.329 e. The van der Waals surface area contributed by atoms with Gasteiger partial charge < -0.3 is 10.1 Å². The predicted octanol–water partition coefficient (Wildman–Crippen LogP) is 4.22. The van der Waals surface area contributed by atoms with Gasteiger partial charge in [-0.1, -0.05) is 41.9 Å². The van der Waals surface area contributed by atoms with Crippen LogP contribution in [-0.4, -0.2) is 18.0 Å². The molecule has 3 aromatic rings. The van der Waals surface area contributed by atoms with Gasteiger partial charge in [-0.25, -0.2) is 5.43 Å². The van der Waals surface area contributed by atoms with E-state index in [0.717, 1.165) is 0 Å². The average Bonchev–Trinajstić information content (AvgIpc) is 2.71. The number of ether oxygens (including phenoxy) is 1. The summed E-state index contributed by atoms with van der Waals surface area (Å²) in [5, 5.41) is 6.79. The number of nitrogens with zero attached hydrogens (tertiary/aromatic N) is 1. The number of rotatable bonds is 5. The summed E-state index contributed by atoms with van der Waals surface area (Å²) in [6.07, 6.45) is 1.42. The van der Waals surface area contributed by atoms with Crippen LogP contribution in [0.5, 0.6) is 11.5 Å². The molecule has 0 atom stereocenters. The zero-order valence-corrected chi connectivity index (χ0v) is 15.4. The highest BCUT2D eigenvalue weighted by Crippen LogP contribution is 2.21. The molecule has 0 saturated heterocycles. The Hall–Kier alpha value is -3.64. The predicted molar refractivity (Wildman–Crippen MR) is 109 cm³/mol. The Bertz CT molecular complexity index is 989. The first-order valence-electron chi connectivity index (χ1n) is 8.33. The Morgan fingerprint density at radius 2 is 1.57 bits per heavy atom. The quantitative estimate of drug-likeness (QED) is 0.387. The molecule has 0 spiro atoms. The number of hydrogen-bond donors (Lipinski definition) is 2. The molecular weight excluding hydrogens is 378 g/mol. The molecule has 3 aromatic carbocycles. The molecule has 2 amide bonds. The highest BCUT2D eigenvalue weighted by Gasteiger charge is 2.12. The number of benzene rings is 3. The number of anilines is 1. The van der Waals surface area contributed by atoms with E-state index >= 15 is 0 Å². The van der Waals surface area contributed by atoms with Gasteiger partial charge in [-0.2, -0.15) is 5.10 Å². The summed E-state index contributed by atoms with van der Waals surface area (Å²) in [4.78, 5) is 23.7. The minimum absolute atomic E-state index is 0.458. The molecule has 0 radical (unpaired) electrons. The van der Waals surface area contributed by atoms with E-state index in [4.69, 9.17) is 16.3 Å². The lowest BCUT2D eigenvalue weighted by molar-refractivity contribution is -0.136. The van der Waals surface area contributed by atoms with Crippen LogP contribution in [-0.2, 0) is 9.59 Å². The molecule has 7 heteroatoms. The molecule has 0 aliphatic rings. The van der Waals surface area contributed by atoms with Crippen molar-refractivity contribution in [3.63, 3.8) is 0 Å². The number of nitrogens with one attached hydrogen (secondary N) is 2. The second-order valence-electron chi connectivity index (χ2n) is 5.65. The first kappa shape index (κ1) is 19.1. The molecular formula is C21H16ClN3O3. The van der Waals surface area contributed by atoms with Crippen molar-refractivity contribution >= 4 is 35.3 Å². The fourth-order valence-electron chi connectivity index (χ4n) is 2.22. The standard InChI is InChI=1S/C21H16ClN3O3/c22-16-9-11-17(12-10-16)24-20(26)21(27)25-23-14-15-5-4-8-19(13-15)28-18-6-2-1-3-7-18/h1-14H,(H,24,26)(H,25,27)/b23-14-. The summed E-state index contributed by atoms with van der Waals surface area (Å²) in [6, 6.07) is 22.9. The molecule has 140 valence electrons. The van der Waals surface area contributed by atoms with Crippen LogP contribution in [0, 0.1) is 0 Å². The summed E-state index contributed by atoms with van der Waals surface area (Å²) in [5.41, 5.74) is 3.34. The molecule has 0 aromatic heterocycles. The van der Waals surface area contributed by atoms with E-state index < -0.39 is 11.8 Å². The van der Waals surface area contributed by atoms with Crippen molar-refractivity contribution in [1.29, 1.82) is 0 Å². The van der Waals surface area contributed by atoms with Crippen molar-refractivity contribution in [2.45, 2.75) is 0 Å². The molecule has 2 N–H and O–H groups in total. The van der Waals surface area contributed by atoms with E-state index in [1.165, 1.54) is 6.21 Å². The lowest BCUT2D eigenvalue weighted by Gasteiger charge is -2.06. The van der Waals surface area contributed by atoms with Crippen molar-refractivity contribution in [2.75, 3.05) is 5.32 Å². The fraction of sp³-hybridized carbons (Fsp3) is 0. The number of carbonyl (C=O) groups excluding carboxylic acids is 2. The lowest BCUT2D eigenvalue weighted by atomic mass is 10.2. The third-order valence-electron chi connectivity index (χ3n) is 3.53. The molecule has 0 heterocycles. The summed E-state index contributed by atoms with van der Waals surface area (Å²) in [7, 11) is 0. The third kappa shape index (κ3) is 5.69.